The second-order valence-electron chi connectivity index (χ2n) is 3.24. The summed E-state index contributed by atoms with van der Waals surface area (Å²) in [7, 11) is 0. The number of aromatic nitrogens is 1. The molecule has 0 aliphatic heterocycles. The molecule has 5 heteroatoms. The van der Waals surface area contributed by atoms with E-state index >= 15 is 0 Å². The summed E-state index contributed by atoms with van der Waals surface area (Å²) >= 11 is 0. The maximum Gasteiger partial charge on any atom is 0.354 e. The Kier molecular flexibility index (Phi) is 3.00. The monoisotopic (exact) mass is 233 g/mol. The SMILES string of the molecule is O=C(O)c1ccc(Oc2cccc(F)c2)cn1. The van der Waals surface area contributed by atoms with Crippen molar-refractivity contribution in [2.45, 2.75) is 0 Å². The van der Waals surface area contributed by atoms with Crippen molar-refractivity contribution in [3.05, 3.63) is 54.1 Å². The average Bonchev–Trinajstić information content (AvgIpc) is 2.29. The largest absolute Gasteiger partial charge is 0.477 e. The predicted molar refractivity (Wildman–Crippen MR) is 57.7 cm³/mol. The van der Waals surface area contributed by atoms with E-state index in [1.165, 1.54) is 36.5 Å². The molecular weight excluding hydrogens is 225 g/mol. The number of carboxylic acids is 1. The van der Waals surface area contributed by atoms with E-state index in [0.29, 0.717) is 11.5 Å². The van der Waals surface area contributed by atoms with Gasteiger partial charge in [-0.2, -0.15) is 0 Å². The summed E-state index contributed by atoms with van der Waals surface area (Å²) in [6.45, 7) is 0. The van der Waals surface area contributed by atoms with Gasteiger partial charge in [0.1, 0.15) is 23.0 Å². The number of pyridine rings is 1. The Morgan fingerprint density at radius 1 is 1.24 bits per heavy atom. The van der Waals surface area contributed by atoms with Gasteiger partial charge in [-0.05, 0) is 24.3 Å². The molecule has 2 aromatic rings. The summed E-state index contributed by atoms with van der Waals surface area (Å²) in [5.41, 5.74) is -0.0726. The number of nitrogens with zero attached hydrogens (tertiary/aromatic N) is 1. The topological polar surface area (TPSA) is 59.4 Å². The highest BCUT2D eigenvalue weighted by molar-refractivity contribution is 5.85. The molecule has 0 atom stereocenters. The highest BCUT2D eigenvalue weighted by Gasteiger charge is 2.04. The molecule has 0 aliphatic rings. The molecule has 2 rings (SSSR count). The lowest BCUT2D eigenvalue weighted by atomic mass is 10.3. The van der Waals surface area contributed by atoms with Crippen LogP contribution in [0, 0.1) is 5.82 Å². The molecular formula is C12H8FNO3. The predicted octanol–water partition coefficient (Wildman–Crippen LogP) is 2.71. The number of benzene rings is 1. The summed E-state index contributed by atoms with van der Waals surface area (Å²) < 4.78 is 18.2. The van der Waals surface area contributed by atoms with E-state index in [9.17, 15) is 9.18 Å². The van der Waals surface area contributed by atoms with E-state index < -0.39 is 11.8 Å². The smallest absolute Gasteiger partial charge is 0.354 e. The van der Waals surface area contributed by atoms with Crippen molar-refractivity contribution in [3.8, 4) is 11.5 Å². The summed E-state index contributed by atoms with van der Waals surface area (Å²) in [5.74, 6) is -0.838. The minimum absolute atomic E-state index is 0.0726. The fourth-order valence-corrected chi connectivity index (χ4v) is 1.23. The molecule has 0 spiro atoms. The number of carbonyl (C=O) groups is 1. The molecule has 4 nitrogen and oxygen atoms in total. The van der Waals surface area contributed by atoms with Crippen LogP contribution < -0.4 is 4.74 Å². The van der Waals surface area contributed by atoms with E-state index in [2.05, 4.69) is 4.98 Å². The maximum absolute atomic E-state index is 12.9. The highest BCUT2D eigenvalue weighted by atomic mass is 19.1. The third-order valence-corrected chi connectivity index (χ3v) is 1.99. The molecule has 0 saturated heterocycles. The van der Waals surface area contributed by atoms with Crippen molar-refractivity contribution in [3.63, 3.8) is 0 Å². The number of hydrogen-bond acceptors (Lipinski definition) is 3. The number of ether oxygens (including phenoxy) is 1. The number of hydrogen-bond donors (Lipinski definition) is 1. The van der Waals surface area contributed by atoms with Crippen LogP contribution >= 0.6 is 0 Å². The summed E-state index contributed by atoms with van der Waals surface area (Å²) in [5, 5.41) is 8.65. The first-order valence-electron chi connectivity index (χ1n) is 4.78. The van der Waals surface area contributed by atoms with Crippen LogP contribution in [0.25, 0.3) is 0 Å². The van der Waals surface area contributed by atoms with E-state index in [0.717, 1.165) is 0 Å². The van der Waals surface area contributed by atoms with Gasteiger partial charge < -0.3 is 9.84 Å². The average molecular weight is 233 g/mol. The van der Waals surface area contributed by atoms with E-state index in [1.807, 2.05) is 0 Å². The number of carboxylic acid groups (broad SMARTS) is 1. The van der Waals surface area contributed by atoms with Crippen molar-refractivity contribution >= 4 is 5.97 Å². The number of rotatable bonds is 3. The first-order chi connectivity index (χ1) is 8.15. The molecule has 1 N–H and O–H groups in total. The summed E-state index contributed by atoms with van der Waals surface area (Å²) in [4.78, 5) is 14.2. The Labute approximate surface area is 96.3 Å². The van der Waals surface area contributed by atoms with Gasteiger partial charge in [0.2, 0.25) is 0 Å². The van der Waals surface area contributed by atoms with Gasteiger partial charge in [-0.15, -0.1) is 0 Å². The first-order valence-corrected chi connectivity index (χ1v) is 4.78. The zero-order valence-corrected chi connectivity index (χ0v) is 8.63. The van der Waals surface area contributed by atoms with Crippen molar-refractivity contribution < 1.29 is 19.0 Å². The molecule has 0 radical (unpaired) electrons. The van der Waals surface area contributed by atoms with Crippen LogP contribution in [0.3, 0.4) is 0 Å². The van der Waals surface area contributed by atoms with E-state index in [-0.39, 0.29) is 5.69 Å². The van der Waals surface area contributed by atoms with Crippen molar-refractivity contribution in [1.82, 2.24) is 4.98 Å². The maximum atomic E-state index is 12.9. The molecule has 0 saturated carbocycles. The Bertz CT molecular complexity index is 540. The Morgan fingerprint density at radius 3 is 2.65 bits per heavy atom. The van der Waals surface area contributed by atoms with Crippen LogP contribution in [0.5, 0.6) is 11.5 Å². The molecule has 86 valence electrons. The van der Waals surface area contributed by atoms with Gasteiger partial charge >= 0.3 is 5.97 Å². The second kappa shape index (κ2) is 4.61. The zero-order valence-electron chi connectivity index (χ0n) is 8.63. The third-order valence-electron chi connectivity index (χ3n) is 1.99. The fourth-order valence-electron chi connectivity index (χ4n) is 1.23. The molecule has 0 amide bonds. The second-order valence-corrected chi connectivity index (χ2v) is 3.24. The Hall–Kier alpha value is -2.43. The quantitative estimate of drug-likeness (QED) is 0.885. The van der Waals surface area contributed by atoms with Gasteiger partial charge in [0, 0.05) is 6.07 Å². The molecule has 1 aromatic heterocycles. The van der Waals surface area contributed by atoms with E-state index in [4.69, 9.17) is 9.84 Å². The van der Waals surface area contributed by atoms with Gasteiger partial charge in [0.05, 0.1) is 6.20 Å². The zero-order chi connectivity index (χ0) is 12.3. The highest BCUT2D eigenvalue weighted by Crippen LogP contribution is 2.21. The van der Waals surface area contributed by atoms with E-state index in [1.54, 1.807) is 6.07 Å². The fraction of sp³-hybridized carbons (Fsp3) is 0. The summed E-state index contributed by atoms with van der Waals surface area (Å²) in [6, 6.07) is 8.42. The number of halogens is 1. The lowest BCUT2D eigenvalue weighted by Gasteiger charge is -2.04. The van der Waals surface area contributed by atoms with Gasteiger partial charge in [0.15, 0.2) is 0 Å². The molecule has 0 aliphatic carbocycles. The standard InChI is InChI=1S/C12H8FNO3/c13-8-2-1-3-9(6-8)17-10-4-5-11(12(15)16)14-7-10/h1-7H,(H,15,16). The lowest BCUT2D eigenvalue weighted by Crippen LogP contribution is -1.99. The molecule has 0 bridgehead atoms. The normalized spacial score (nSPS) is 9.94. The minimum Gasteiger partial charge on any atom is -0.477 e. The van der Waals surface area contributed by atoms with Crippen LogP contribution in [0.2, 0.25) is 0 Å². The van der Waals surface area contributed by atoms with Crippen molar-refractivity contribution in [2.24, 2.45) is 0 Å². The molecule has 17 heavy (non-hydrogen) atoms. The lowest BCUT2D eigenvalue weighted by molar-refractivity contribution is 0.0690. The van der Waals surface area contributed by atoms with Crippen molar-refractivity contribution in [1.29, 1.82) is 0 Å². The van der Waals surface area contributed by atoms with Crippen LogP contribution in [-0.4, -0.2) is 16.1 Å². The first kappa shape index (κ1) is 11.1. The van der Waals surface area contributed by atoms with Crippen LogP contribution in [0.15, 0.2) is 42.6 Å². The van der Waals surface area contributed by atoms with Gasteiger partial charge in [-0.3, -0.25) is 0 Å². The molecule has 1 heterocycles. The van der Waals surface area contributed by atoms with Crippen molar-refractivity contribution in [2.75, 3.05) is 0 Å². The van der Waals surface area contributed by atoms with Gasteiger partial charge in [-0.25, -0.2) is 14.2 Å². The summed E-state index contributed by atoms with van der Waals surface area (Å²) in [6.07, 6.45) is 1.27. The molecule has 0 unspecified atom stereocenters. The van der Waals surface area contributed by atoms with Crippen LogP contribution in [-0.2, 0) is 0 Å². The minimum atomic E-state index is -1.11. The molecule has 0 fully saturated rings. The molecule has 1 aromatic carbocycles. The van der Waals surface area contributed by atoms with Crippen LogP contribution in [0.1, 0.15) is 10.5 Å². The van der Waals surface area contributed by atoms with Crippen LogP contribution in [0.4, 0.5) is 4.39 Å². The van der Waals surface area contributed by atoms with Gasteiger partial charge in [0.25, 0.3) is 0 Å². The third kappa shape index (κ3) is 2.78. The Balaban J connectivity index is 2.16. The van der Waals surface area contributed by atoms with Gasteiger partial charge in [-0.1, -0.05) is 6.07 Å². The Morgan fingerprint density at radius 2 is 2.06 bits per heavy atom. The number of aromatic carboxylic acids is 1.